The number of halogens is 1. The third-order valence-electron chi connectivity index (χ3n) is 3.33. The van der Waals surface area contributed by atoms with Gasteiger partial charge in [-0.05, 0) is 20.3 Å². The lowest BCUT2D eigenvalue weighted by atomic mass is 10.1. The zero-order valence-electron chi connectivity index (χ0n) is 13.7. The van der Waals surface area contributed by atoms with Gasteiger partial charge in [-0.1, -0.05) is 0 Å². The van der Waals surface area contributed by atoms with E-state index in [1.54, 1.807) is 6.92 Å². The number of hydrogen-bond acceptors (Lipinski definition) is 4. The number of guanidine groups is 1. The van der Waals surface area contributed by atoms with Crippen LogP contribution in [0.15, 0.2) is 4.99 Å². The summed E-state index contributed by atoms with van der Waals surface area (Å²) in [5, 5.41) is 3.23. The Morgan fingerprint density at radius 1 is 1.41 bits per heavy atom. The van der Waals surface area contributed by atoms with E-state index < -0.39 is 10.0 Å². The summed E-state index contributed by atoms with van der Waals surface area (Å²) >= 11 is 0. The molecule has 1 fully saturated rings. The highest BCUT2D eigenvalue weighted by molar-refractivity contribution is 14.0. The third-order valence-corrected chi connectivity index (χ3v) is 4.73. The lowest BCUT2D eigenvalue weighted by Crippen LogP contribution is -2.42. The summed E-state index contributed by atoms with van der Waals surface area (Å²) in [6, 6.07) is 0. The minimum absolute atomic E-state index is 0. The quantitative estimate of drug-likeness (QED) is 0.244. The van der Waals surface area contributed by atoms with Gasteiger partial charge in [-0.15, -0.1) is 24.0 Å². The maximum atomic E-state index is 11.3. The van der Waals surface area contributed by atoms with Crippen molar-refractivity contribution in [2.45, 2.75) is 20.3 Å². The second kappa shape index (κ2) is 11.4. The molecule has 9 heteroatoms. The first-order valence-electron chi connectivity index (χ1n) is 7.53. The lowest BCUT2D eigenvalue weighted by molar-refractivity contribution is 0.181. The molecule has 0 aromatic rings. The van der Waals surface area contributed by atoms with Gasteiger partial charge in [0.2, 0.25) is 10.0 Å². The fourth-order valence-electron chi connectivity index (χ4n) is 2.14. The van der Waals surface area contributed by atoms with Crippen LogP contribution in [0.5, 0.6) is 0 Å². The Morgan fingerprint density at radius 2 is 2.14 bits per heavy atom. The summed E-state index contributed by atoms with van der Waals surface area (Å²) in [6.07, 6.45) is 1.08. The number of rotatable bonds is 8. The zero-order chi connectivity index (χ0) is 15.7. The van der Waals surface area contributed by atoms with Crippen molar-refractivity contribution >= 4 is 40.0 Å². The van der Waals surface area contributed by atoms with Crippen LogP contribution in [0.25, 0.3) is 0 Å². The summed E-state index contributed by atoms with van der Waals surface area (Å²) in [7, 11) is -1.14. The van der Waals surface area contributed by atoms with E-state index in [-0.39, 0.29) is 29.7 Å². The molecule has 1 rings (SSSR count). The van der Waals surface area contributed by atoms with Crippen LogP contribution in [-0.4, -0.2) is 71.5 Å². The van der Waals surface area contributed by atoms with Gasteiger partial charge >= 0.3 is 0 Å². The van der Waals surface area contributed by atoms with Gasteiger partial charge in [0.1, 0.15) is 0 Å². The van der Waals surface area contributed by atoms with E-state index in [2.05, 4.69) is 19.9 Å². The normalized spacial score (nSPS) is 18.9. The number of ether oxygens (including phenoxy) is 1. The van der Waals surface area contributed by atoms with Crippen molar-refractivity contribution in [1.29, 1.82) is 0 Å². The minimum atomic E-state index is -3.14. The molecule has 0 spiro atoms. The molecule has 0 aromatic heterocycles. The van der Waals surface area contributed by atoms with E-state index in [1.807, 2.05) is 14.0 Å². The number of aliphatic imine (C=N–C) groups is 1. The van der Waals surface area contributed by atoms with Gasteiger partial charge in [0.25, 0.3) is 0 Å². The van der Waals surface area contributed by atoms with Gasteiger partial charge in [-0.3, -0.25) is 4.99 Å². The zero-order valence-corrected chi connectivity index (χ0v) is 16.8. The molecular weight excluding hydrogens is 419 g/mol. The van der Waals surface area contributed by atoms with Crippen molar-refractivity contribution in [3.63, 3.8) is 0 Å². The Bertz CT molecular complexity index is 425. The summed E-state index contributed by atoms with van der Waals surface area (Å²) in [4.78, 5) is 6.54. The van der Waals surface area contributed by atoms with E-state index in [4.69, 9.17) is 4.74 Å². The molecule has 0 aliphatic carbocycles. The molecule has 2 N–H and O–H groups in total. The highest BCUT2D eigenvalue weighted by Crippen LogP contribution is 2.13. The first kappa shape index (κ1) is 21.9. The monoisotopic (exact) mass is 448 g/mol. The molecular formula is C13H29IN4O3S. The van der Waals surface area contributed by atoms with E-state index >= 15 is 0 Å². The van der Waals surface area contributed by atoms with Gasteiger partial charge in [0.15, 0.2) is 5.96 Å². The molecule has 132 valence electrons. The maximum Gasteiger partial charge on any atom is 0.211 e. The van der Waals surface area contributed by atoms with Crippen molar-refractivity contribution < 1.29 is 13.2 Å². The Morgan fingerprint density at radius 3 is 2.68 bits per heavy atom. The smallest absolute Gasteiger partial charge is 0.211 e. The lowest BCUT2D eigenvalue weighted by Gasteiger charge is -2.24. The van der Waals surface area contributed by atoms with Crippen LogP contribution in [0.2, 0.25) is 0 Å². The van der Waals surface area contributed by atoms with E-state index in [1.165, 1.54) is 0 Å². The fourth-order valence-corrected chi connectivity index (χ4v) is 2.74. The minimum Gasteiger partial charge on any atom is -0.381 e. The van der Waals surface area contributed by atoms with Crippen LogP contribution in [0.1, 0.15) is 20.3 Å². The van der Waals surface area contributed by atoms with Crippen LogP contribution >= 0.6 is 24.0 Å². The summed E-state index contributed by atoms with van der Waals surface area (Å²) in [5.74, 6) is 1.44. The van der Waals surface area contributed by atoms with E-state index in [9.17, 15) is 8.42 Å². The topological polar surface area (TPSA) is 83.0 Å². The van der Waals surface area contributed by atoms with E-state index in [0.29, 0.717) is 19.0 Å². The number of nitrogens with one attached hydrogen (secondary N) is 2. The molecule has 1 unspecified atom stereocenters. The van der Waals surface area contributed by atoms with E-state index in [0.717, 1.165) is 38.7 Å². The van der Waals surface area contributed by atoms with Crippen molar-refractivity contribution in [1.82, 2.24) is 14.9 Å². The molecule has 0 saturated carbocycles. The number of nitrogens with zero attached hydrogens (tertiary/aromatic N) is 2. The Balaban J connectivity index is 0.00000441. The average molecular weight is 448 g/mol. The molecule has 1 heterocycles. The van der Waals surface area contributed by atoms with Gasteiger partial charge in [-0.25, -0.2) is 13.1 Å². The molecule has 1 aliphatic heterocycles. The average Bonchev–Trinajstić information content (AvgIpc) is 2.95. The number of hydrogen-bond donors (Lipinski definition) is 2. The molecule has 1 aliphatic rings. The molecule has 1 atom stereocenters. The summed E-state index contributed by atoms with van der Waals surface area (Å²) < 4.78 is 30.6. The molecule has 22 heavy (non-hydrogen) atoms. The Hall–Kier alpha value is -0.130. The summed E-state index contributed by atoms with van der Waals surface area (Å²) in [5.41, 5.74) is 0. The molecule has 0 bridgehead atoms. The van der Waals surface area contributed by atoms with Crippen LogP contribution in [0, 0.1) is 5.92 Å². The molecule has 7 nitrogen and oxygen atoms in total. The number of sulfonamides is 1. The van der Waals surface area contributed by atoms with Gasteiger partial charge in [0.05, 0.1) is 18.9 Å². The van der Waals surface area contributed by atoms with Crippen molar-refractivity contribution in [2.24, 2.45) is 10.9 Å². The van der Waals surface area contributed by atoms with Crippen LogP contribution in [0.3, 0.4) is 0 Å². The molecule has 0 amide bonds. The largest absolute Gasteiger partial charge is 0.381 e. The SMILES string of the molecule is CCNC(=NCCNS(=O)(=O)CC)N(C)CC1CCOC1.I. The standard InChI is InChI=1S/C13H28N4O3S.HI/c1-4-14-13(15-7-8-16-21(18,19)5-2)17(3)10-12-6-9-20-11-12;/h12,16H,4-11H2,1-3H3,(H,14,15);1H. The van der Waals surface area contributed by atoms with Crippen molar-refractivity contribution in [2.75, 3.05) is 52.2 Å². The van der Waals surface area contributed by atoms with Crippen molar-refractivity contribution in [3.8, 4) is 0 Å². The first-order valence-corrected chi connectivity index (χ1v) is 9.18. The maximum absolute atomic E-state index is 11.3. The van der Waals surface area contributed by atoms with Gasteiger partial charge < -0.3 is 15.0 Å². The van der Waals surface area contributed by atoms with Crippen molar-refractivity contribution in [3.05, 3.63) is 0 Å². The molecule has 0 radical (unpaired) electrons. The van der Waals surface area contributed by atoms with Crippen LogP contribution < -0.4 is 10.0 Å². The predicted octanol–water partition coefficient (Wildman–Crippen LogP) is 0.478. The summed E-state index contributed by atoms with van der Waals surface area (Å²) in [6.45, 7) is 7.70. The fraction of sp³-hybridized carbons (Fsp3) is 0.923. The predicted molar refractivity (Wildman–Crippen MR) is 100 cm³/mol. The molecule has 1 saturated heterocycles. The molecule has 0 aromatic carbocycles. The van der Waals surface area contributed by atoms with Crippen LogP contribution in [-0.2, 0) is 14.8 Å². The second-order valence-electron chi connectivity index (χ2n) is 5.14. The Kier molecular flexibility index (Phi) is 11.3. The Labute approximate surface area is 151 Å². The highest BCUT2D eigenvalue weighted by atomic mass is 127. The highest BCUT2D eigenvalue weighted by Gasteiger charge is 2.18. The van der Waals surface area contributed by atoms with Gasteiger partial charge in [0, 0.05) is 39.2 Å². The van der Waals surface area contributed by atoms with Crippen LogP contribution in [0.4, 0.5) is 0 Å². The van der Waals surface area contributed by atoms with Gasteiger partial charge in [-0.2, -0.15) is 0 Å². The third kappa shape index (κ3) is 8.49. The second-order valence-corrected chi connectivity index (χ2v) is 7.24. The first-order chi connectivity index (χ1) is 9.98.